The highest BCUT2D eigenvalue weighted by atomic mass is 16.2. The molecule has 4 rings (SSSR count). The topological polar surface area (TPSA) is 80.1 Å². The molecule has 3 aromatic rings. The molecule has 144 valence electrons. The second-order valence-electron chi connectivity index (χ2n) is 7.04. The van der Waals surface area contributed by atoms with Gasteiger partial charge in [0.2, 0.25) is 5.91 Å². The molecule has 1 aliphatic rings. The van der Waals surface area contributed by atoms with Crippen LogP contribution in [0.15, 0.2) is 53.3 Å². The maximum Gasteiger partial charge on any atom is 0.278 e. The molecule has 0 unspecified atom stereocenters. The Kier molecular flexibility index (Phi) is 5.32. The van der Waals surface area contributed by atoms with Gasteiger partial charge in [0.15, 0.2) is 0 Å². The normalized spacial score (nSPS) is 14.6. The molecular weight excluding hydrogens is 354 g/mol. The van der Waals surface area contributed by atoms with Gasteiger partial charge in [0.05, 0.1) is 16.8 Å². The molecule has 0 atom stereocenters. The van der Waals surface area contributed by atoms with Crippen molar-refractivity contribution in [3.63, 3.8) is 0 Å². The summed E-state index contributed by atoms with van der Waals surface area (Å²) < 4.78 is 1.10. The monoisotopic (exact) mass is 377 g/mol. The van der Waals surface area contributed by atoms with Gasteiger partial charge in [-0.15, -0.1) is 5.10 Å². The summed E-state index contributed by atoms with van der Waals surface area (Å²) in [5.41, 5.74) is 1.99. The van der Waals surface area contributed by atoms with Crippen molar-refractivity contribution in [1.29, 1.82) is 0 Å². The summed E-state index contributed by atoms with van der Waals surface area (Å²) in [5, 5.41) is 11.3. The minimum atomic E-state index is -0.318. The Morgan fingerprint density at radius 3 is 2.50 bits per heavy atom. The van der Waals surface area contributed by atoms with Crippen molar-refractivity contribution in [2.24, 2.45) is 0 Å². The number of amides is 1. The van der Waals surface area contributed by atoms with E-state index in [1.807, 2.05) is 24.3 Å². The van der Waals surface area contributed by atoms with Crippen LogP contribution in [-0.4, -0.2) is 34.0 Å². The van der Waals surface area contributed by atoms with Gasteiger partial charge in [-0.25, -0.2) is 4.68 Å². The molecule has 2 heterocycles. The highest BCUT2D eigenvalue weighted by molar-refractivity contribution is 5.94. The summed E-state index contributed by atoms with van der Waals surface area (Å²) in [4.78, 5) is 27.5. The summed E-state index contributed by atoms with van der Waals surface area (Å²) in [6.45, 7) is 1.80. The Balaban J connectivity index is 1.53. The Hall–Kier alpha value is -3.22. The van der Waals surface area contributed by atoms with Crippen molar-refractivity contribution in [2.45, 2.75) is 32.2 Å². The van der Waals surface area contributed by atoms with Crippen LogP contribution >= 0.6 is 0 Å². The van der Waals surface area contributed by atoms with Gasteiger partial charge in [-0.05, 0) is 37.1 Å². The lowest BCUT2D eigenvalue weighted by Gasteiger charge is -2.25. The van der Waals surface area contributed by atoms with E-state index < -0.39 is 0 Å². The molecule has 1 amide bonds. The molecule has 28 heavy (non-hydrogen) atoms. The molecule has 7 nitrogen and oxygen atoms in total. The average Bonchev–Trinajstić information content (AvgIpc) is 3.00. The van der Waals surface area contributed by atoms with E-state index in [1.54, 1.807) is 24.3 Å². The van der Waals surface area contributed by atoms with Crippen molar-refractivity contribution in [3.8, 4) is 0 Å². The number of hydrogen-bond donors (Lipinski definition) is 1. The smallest absolute Gasteiger partial charge is 0.278 e. The Morgan fingerprint density at radius 2 is 1.68 bits per heavy atom. The van der Waals surface area contributed by atoms with E-state index in [2.05, 4.69) is 20.5 Å². The molecule has 7 heteroatoms. The molecule has 0 radical (unpaired) electrons. The summed E-state index contributed by atoms with van der Waals surface area (Å²) in [6, 6.07) is 14.8. The summed E-state index contributed by atoms with van der Waals surface area (Å²) in [7, 11) is 0. The first kappa shape index (κ1) is 18.2. The van der Waals surface area contributed by atoms with E-state index in [0.29, 0.717) is 10.9 Å². The number of rotatable bonds is 4. The molecule has 0 bridgehead atoms. The number of hydrogen-bond acceptors (Lipinski definition) is 5. The first-order chi connectivity index (χ1) is 13.7. The van der Waals surface area contributed by atoms with E-state index in [0.717, 1.165) is 42.0 Å². The number of nitrogens with one attached hydrogen (secondary N) is 1. The molecule has 1 aliphatic heterocycles. The fourth-order valence-corrected chi connectivity index (χ4v) is 3.62. The zero-order valence-electron chi connectivity index (χ0n) is 15.7. The van der Waals surface area contributed by atoms with E-state index >= 15 is 0 Å². The zero-order chi connectivity index (χ0) is 19.3. The lowest BCUT2D eigenvalue weighted by atomic mass is 10.2. The summed E-state index contributed by atoms with van der Waals surface area (Å²) >= 11 is 0. The number of anilines is 2. The third-order valence-electron chi connectivity index (χ3n) is 5.05. The molecular formula is C21H23N5O2. The van der Waals surface area contributed by atoms with Gasteiger partial charge in [-0.2, -0.15) is 0 Å². The molecule has 1 saturated heterocycles. The molecule has 0 aliphatic carbocycles. The third kappa shape index (κ3) is 3.88. The molecule has 0 spiro atoms. The first-order valence-corrected chi connectivity index (χ1v) is 9.69. The Bertz CT molecular complexity index is 1040. The summed E-state index contributed by atoms with van der Waals surface area (Å²) in [5.74, 6) is -0.297. The number of carbonyl (C=O) groups is 1. The second-order valence-corrected chi connectivity index (χ2v) is 7.04. The van der Waals surface area contributed by atoms with Crippen LogP contribution in [0.5, 0.6) is 0 Å². The lowest BCUT2D eigenvalue weighted by molar-refractivity contribution is -0.117. The van der Waals surface area contributed by atoms with Crippen molar-refractivity contribution >= 4 is 28.2 Å². The van der Waals surface area contributed by atoms with Crippen molar-refractivity contribution in [1.82, 2.24) is 15.0 Å². The highest BCUT2D eigenvalue weighted by Crippen LogP contribution is 2.27. The Morgan fingerprint density at radius 1 is 0.964 bits per heavy atom. The second kappa shape index (κ2) is 8.21. The third-order valence-corrected chi connectivity index (χ3v) is 5.05. The number of benzene rings is 2. The minimum Gasteiger partial charge on any atom is -0.370 e. The number of carbonyl (C=O) groups excluding carboxylic acids is 1. The molecule has 1 aromatic heterocycles. The highest BCUT2D eigenvalue weighted by Gasteiger charge is 2.16. The summed E-state index contributed by atoms with van der Waals surface area (Å²) in [6.07, 6.45) is 4.80. The number of aromatic nitrogens is 3. The quantitative estimate of drug-likeness (QED) is 0.756. The predicted molar refractivity (Wildman–Crippen MR) is 110 cm³/mol. The SMILES string of the molecule is O=C(Cn1nnc2ccccc2c1=O)Nc1ccccc1N1CCCCCC1. The maximum absolute atomic E-state index is 12.6. The fraction of sp³-hybridized carbons (Fsp3) is 0.333. The van der Waals surface area contributed by atoms with Gasteiger partial charge < -0.3 is 10.2 Å². The molecule has 1 fully saturated rings. The average molecular weight is 377 g/mol. The molecule has 1 N–H and O–H groups in total. The number of fused-ring (bicyclic) bond motifs is 1. The largest absolute Gasteiger partial charge is 0.370 e. The van der Waals surface area contributed by atoms with Gasteiger partial charge in [-0.1, -0.05) is 42.3 Å². The van der Waals surface area contributed by atoms with Crippen molar-refractivity contribution < 1.29 is 4.79 Å². The minimum absolute atomic E-state index is 0.176. The van der Waals surface area contributed by atoms with Crippen LogP contribution in [0.3, 0.4) is 0 Å². The fourth-order valence-electron chi connectivity index (χ4n) is 3.62. The van der Waals surface area contributed by atoms with Crippen molar-refractivity contribution in [2.75, 3.05) is 23.3 Å². The van der Waals surface area contributed by atoms with E-state index in [-0.39, 0.29) is 18.0 Å². The van der Waals surface area contributed by atoms with Crippen LogP contribution in [0.4, 0.5) is 11.4 Å². The van der Waals surface area contributed by atoms with Crippen LogP contribution in [0, 0.1) is 0 Å². The van der Waals surface area contributed by atoms with Crippen LogP contribution < -0.4 is 15.8 Å². The van der Waals surface area contributed by atoms with Gasteiger partial charge >= 0.3 is 0 Å². The van der Waals surface area contributed by atoms with Gasteiger partial charge in [0.1, 0.15) is 12.1 Å². The number of nitrogens with zero attached hydrogens (tertiary/aromatic N) is 4. The number of para-hydroxylation sites is 2. The van der Waals surface area contributed by atoms with Crippen LogP contribution in [-0.2, 0) is 11.3 Å². The van der Waals surface area contributed by atoms with Crippen LogP contribution in [0.2, 0.25) is 0 Å². The molecule has 0 saturated carbocycles. The van der Waals surface area contributed by atoms with Gasteiger partial charge in [-0.3, -0.25) is 9.59 Å². The standard InChI is InChI=1S/C21H23N5O2/c27-20(15-26-21(28)16-9-3-4-10-17(16)23-24-26)22-18-11-5-6-12-19(18)25-13-7-1-2-8-14-25/h3-6,9-12H,1-2,7-8,13-15H2,(H,22,27). The Labute approximate surface area is 163 Å². The van der Waals surface area contributed by atoms with Gasteiger partial charge in [0.25, 0.3) is 5.56 Å². The van der Waals surface area contributed by atoms with E-state index in [9.17, 15) is 9.59 Å². The lowest BCUT2D eigenvalue weighted by Crippen LogP contribution is -2.31. The van der Waals surface area contributed by atoms with Gasteiger partial charge in [0, 0.05) is 13.1 Å². The maximum atomic E-state index is 12.6. The molecule has 2 aromatic carbocycles. The van der Waals surface area contributed by atoms with Crippen molar-refractivity contribution in [3.05, 3.63) is 58.9 Å². The zero-order valence-corrected chi connectivity index (χ0v) is 15.7. The van der Waals surface area contributed by atoms with Crippen LogP contribution in [0.1, 0.15) is 25.7 Å². The van der Waals surface area contributed by atoms with Crippen LogP contribution in [0.25, 0.3) is 10.9 Å². The van der Waals surface area contributed by atoms with E-state index in [4.69, 9.17) is 0 Å². The first-order valence-electron chi connectivity index (χ1n) is 9.69. The van der Waals surface area contributed by atoms with E-state index in [1.165, 1.54) is 12.8 Å². The predicted octanol–water partition coefficient (Wildman–Crippen LogP) is 2.81.